The van der Waals surface area contributed by atoms with Crippen LogP contribution in [0.15, 0.2) is 0 Å². The third-order valence-corrected chi connectivity index (χ3v) is 3.74. The first-order chi connectivity index (χ1) is 8.51. The van der Waals surface area contributed by atoms with Crippen LogP contribution in [0.2, 0.25) is 0 Å². The first-order valence-corrected chi connectivity index (χ1v) is 7.59. The normalized spacial score (nSPS) is 13.0. The van der Waals surface area contributed by atoms with Gasteiger partial charge in [-0.05, 0) is 12.8 Å². The van der Waals surface area contributed by atoms with E-state index in [0.29, 0.717) is 11.6 Å². The summed E-state index contributed by atoms with van der Waals surface area (Å²) in [5.41, 5.74) is -0.117. The Kier molecular flexibility index (Phi) is 10.1. The zero-order valence-electron chi connectivity index (χ0n) is 14.5. The molecule has 0 aliphatic carbocycles. The molecule has 0 saturated carbocycles. The molecule has 0 heterocycles. The van der Waals surface area contributed by atoms with E-state index in [2.05, 4.69) is 6.92 Å². The second-order valence-electron chi connectivity index (χ2n) is 6.62. The van der Waals surface area contributed by atoms with E-state index in [1.165, 1.54) is 0 Å². The van der Waals surface area contributed by atoms with Crippen LogP contribution in [0.5, 0.6) is 0 Å². The van der Waals surface area contributed by atoms with Crippen molar-refractivity contribution in [3.63, 3.8) is 0 Å². The summed E-state index contributed by atoms with van der Waals surface area (Å²) in [6, 6.07) is 0. The summed E-state index contributed by atoms with van der Waals surface area (Å²) in [6.45, 7) is 17.9. The van der Waals surface area contributed by atoms with E-state index in [9.17, 15) is 9.59 Å². The van der Waals surface area contributed by atoms with Gasteiger partial charge < -0.3 is 0 Å². The van der Waals surface area contributed by atoms with Crippen molar-refractivity contribution in [2.45, 2.75) is 75.2 Å². The monoisotopic (exact) mass is 270 g/mol. The second kappa shape index (κ2) is 9.28. The highest BCUT2D eigenvalue weighted by molar-refractivity contribution is 5.85. The van der Waals surface area contributed by atoms with Crippen molar-refractivity contribution >= 4 is 11.6 Å². The lowest BCUT2D eigenvalue weighted by Gasteiger charge is -2.22. The molecule has 2 nitrogen and oxygen atoms in total. The number of carbonyl (C=O) groups is 2. The summed E-state index contributed by atoms with van der Waals surface area (Å²) < 4.78 is 0. The van der Waals surface area contributed by atoms with Crippen molar-refractivity contribution in [2.24, 2.45) is 23.2 Å². The Morgan fingerprint density at radius 3 is 1.42 bits per heavy atom. The van der Waals surface area contributed by atoms with Crippen LogP contribution in [0.3, 0.4) is 0 Å². The van der Waals surface area contributed by atoms with Crippen molar-refractivity contribution in [2.75, 3.05) is 0 Å². The van der Waals surface area contributed by atoms with Crippen LogP contribution >= 0.6 is 0 Å². The fraction of sp³-hybridized carbons (Fsp3) is 0.882. The van der Waals surface area contributed by atoms with E-state index in [1.54, 1.807) is 0 Å². The Morgan fingerprint density at radius 1 is 0.895 bits per heavy atom. The van der Waals surface area contributed by atoms with Crippen LogP contribution in [0, 0.1) is 23.2 Å². The predicted molar refractivity (Wildman–Crippen MR) is 83.2 cm³/mol. The molecule has 0 rings (SSSR count). The van der Waals surface area contributed by atoms with Crippen LogP contribution in [-0.2, 0) is 9.59 Å². The second-order valence-corrected chi connectivity index (χ2v) is 6.62. The Balaban J connectivity index is 0. The molecule has 0 aliphatic heterocycles. The fourth-order valence-electron chi connectivity index (χ4n) is 1.73. The Bertz CT molecular complexity index is 275. The van der Waals surface area contributed by atoms with Gasteiger partial charge in [0.15, 0.2) is 0 Å². The lowest BCUT2D eigenvalue weighted by atomic mass is 9.80. The molecule has 0 aromatic carbocycles. The van der Waals surface area contributed by atoms with Crippen molar-refractivity contribution in [3.8, 4) is 0 Å². The van der Waals surface area contributed by atoms with Gasteiger partial charge in [-0.15, -0.1) is 0 Å². The van der Waals surface area contributed by atoms with Crippen LogP contribution in [0.1, 0.15) is 75.2 Å². The Morgan fingerprint density at radius 2 is 1.32 bits per heavy atom. The van der Waals surface area contributed by atoms with Gasteiger partial charge in [-0.1, -0.05) is 62.3 Å². The van der Waals surface area contributed by atoms with Gasteiger partial charge in [-0.3, -0.25) is 9.59 Å². The summed E-state index contributed by atoms with van der Waals surface area (Å²) in [5.74, 6) is 1.40. The van der Waals surface area contributed by atoms with E-state index >= 15 is 0 Å². The number of carbonyl (C=O) groups excluding carboxylic acids is 2. The van der Waals surface area contributed by atoms with E-state index in [1.807, 2.05) is 55.4 Å². The summed E-state index contributed by atoms with van der Waals surface area (Å²) in [4.78, 5) is 22.5. The van der Waals surface area contributed by atoms with Gasteiger partial charge in [0.25, 0.3) is 0 Å². The van der Waals surface area contributed by atoms with Crippen molar-refractivity contribution in [1.82, 2.24) is 0 Å². The molecule has 114 valence electrons. The van der Waals surface area contributed by atoms with E-state index in [-0.39, 0.29) is 23.2 Å². The van der Waals surface area contributed by atoms with Gasteiger partial charge in [0.05, 0.1) is 0 Å². The highest BCUT2D eigenvalue weighted by Gasteiger charge is 2.26. The molecule has 0 radical (unpaired) electrons. The van der Waals surface area contributed by atoms with Crippen LogP contribution < -0.4 is 0 Å². The molecule has 0 fully saturated rings. The van der Waals surface area contributed by atoms with E-state index in [4.69, 9.17) is 0 Å². The lowest BCUT2D eigenvalue weighted by molar-refractivity contribution is -0.130. The number of rotatable bonds is 6. The fourth-order valence-corrected chi connectivity index (χ4v) is 1.73. The van der Waals surface area contributed by atoms with Gasteiger partial charge in [-0.2, -0.15) is 0 Å². The molecule has 2 heteroatoms. The third kappa shape index (κ3) is 8.18. The maximum Gasteiger partial charge on any atom is 0.140 e. The van der Waals surface area contributed by atoms with Crippen LogP contribution in [0.25, 0.3) is 0 Å². The first-order valence-electron chi connectivity index (χ1n) is 7.59. The maximum absolute atomic E-state index is 11.4. The first kappa shape index (κ1) is 20.7. The SMILES string of the molecule is CCC(C)(C)C(=O)C(C)C.CCC(C)C(=O)C(C)C. The topological polar surface area (TPSA) is 34.1 Å². The molecular formula is C17H34O2. The molecule has 0 aromatic rings. The van der Waals surface area contributed by atoms with Gasteiger partial charge in [-0.25, -0.2) is 0 Å². The average molecular weight is 270 g/mol. The number of hydrogen-bond donors (Lipinski definition) is 0. The number of hydrogen-bond acceptors (Lipinski definition) is 2. The highest BCUT2D eigenvalue weighted by atomic mass is 16.1. The van der Waals surface area contributed by atoms with Crippen molar-refractivity contribution in [1.29, 1.82) is 0 Å². The van der Waals surface area contributed by atoms with Crippen LogP contribution in [0.4, 0.5) is 0 Å². The number of Topliss-reactive ketones (excluding diaryl/α,β-unsaturated/α-hetero) is 2. The largest absolute Gasteiger partial charge is 0.299 e. The minimum atomic E-state index is -0.117. The van der Waals surface area contributed by atoms with Crippen molar-refractivity contribution < 1.29 is 9.59 Å². The molecule has 1 unspecified atom stereocenters. The van der Waals surface area contributed by atoms with Crippen molar-refractivity contribution in [3.05, 3.63) is 0 Å². The Labute approximate surface area is 120 Å². The molecule has 0 bridgehead atoms. The van der Waals surface area contributed by atoms with Gasteiger partial charge in [0.1, 0.15) is 11.6 Å². The average Bonchev–Trinajstić information content (AvgIpc) is 2.36. The molecule has 0 amide bonds. The summed E-state index contributed by atoms with van der Waals surface area (Å²) >= 11 is 0. The smallest absolute Gasteiger partial charge is 0.140 e. The molecule has 0 aliphatic rings. The Hall–Kier alpha value is -0.660. The molecular weight excluding hydrogens is 236 g/mol. The molecule has 19 heavy (non-hydrogen) atoms. The zero-order chi connectivity index (χ0) is 15.8. The zero-order valence-corrected chi connectivity index (χ0v) is 14.5. The van der Waals surface area contributed by atoms with Crippen LogP contribution in [-0.4, -0.2) is 11.6 Å². The lowest BCUT2D eigenvalue weighted by Crippen LogP contribution is -2.27. The molecule has 0 saturated heterocycles. The minimum Gasteiger partial charge on any atom is -0.299 e. The van der Waals surface area contributed by atoms with Gasteiger partial charge in [0, 0.05) is 23.2 Å². The number of ketones is 2. The summed E-state index contributed by atoms with van der Waals surface area (Å²) in [5, 5.41) is 0. The molecule has 0 N–H and O–H groups in total. The molecule has 1 atom stereocenters. The summed E-state index contributed by atoms with van der Waals surface area (Å²) in [6.07, 6.45) is 1.90. The highest BCUT2D eigenvalue weighted by Crippen LogP contribution is 2.24. The molecule has 0 aromatic heterocycles. The minimum absolute atomic E-state index is 0.117. The van der Waals surface area contributed by atoms with Gasteiger partial charge >= 0.3 is 0 Å². The summed E-state index contributed by atoms with van der Waals surface area (Å²) in [7, 11) is 0. The third-order valence-electron chi connectivity index (χ3n) is 3.74. The molecule has 0 spiro atoms. The standard InChI is InChI=1S/C9H18O.C8H16O/c1-6-9(4,5)8(10)7(2)3;1-5-7(4)8(9)6(2)3/h7H,6H2,1-5H3;6-7H,5H2,1-4H3. The quantitative estimate of drug-likeness (QED) is 0.687. The predicted octanol–water partition coefficient (Wildman–Crippen LogP) is 4.91. The van der Waals surface area contributed by atoms with E-state index < -0.39 is 0 Å². The maximum atomic E-state index is 11.4. The van der Waals surface area contributed by atoms with Gasteiger partial charge in [0.2, 0.25) is 0 Å². The van der Waals surface area contributed by atoms with E-state index in [0.717, 1.165) is 12.8 Å².